The topological polar surface area (TPSA) is 100 Å². The minimum absolute atomic E-state index is 0.0825. The molecular formula is C11H20N6O. The summed E-state index contributed by atoms with van der Waals surface area (Å²) >= 11 is 0. The molecule has 2 rings (SSSR count). The second-order valence-corrected chi connectivity index (χ2v) is 4.55. The number of aliphatic hydroxyl groups excluding tert-OH is 1. The van der Waals surface area contributed by atoms with Gasteiger partial charge in [-0.3, -0.25) is 0 Å². The Morgan fingerprint density at radius 3 is 2.44 bits per heavy atom. The van der Waals surface area contributed by atoms with Crippen LogP contribution < -0.4 is 16.0 Å². The fourth-order valence-corrected chi connectivity index (χ4v) is 1.80. The highest BCUT2D eigenvalue weighted by Crippen LogP contribution is 2.37. The molecule has 0 aliphatic heterocycles. The standard InChI is InChI=1S/C11H20N6O/c1-3-17(4-2)10-14-8(12)13-9(15-10)16-11(7-18)5-6-11/h18H,3-7H2,1-2H3,(H3,12,13,14,15,16). The summed E-state index contributed by atoms with van der Waals surface area (Å²) in [5.74, 6) is 1.21. The lowest BCUT2D eigenvalue weighted by Gasteiger charge is -2.20. The molecule has 0 aromatic carbocycles. The first-order valence-corrected chi connectivity index (χ1v) is 6.28. The number of nitrogens with one attached hydrogen (secondary N) is 1. The van der Waals surface area contributed by atoms with Gasteiger partial charge in [-0.15, -0.1) is 0 Å². The Balaban J connectivity index is 2.21. The smallest absolute Gasteiger partial charge is 0.231 e. The van der Waals surface area contributed by atoms with E-state index in [0.29, 0.717) is 11.9 Å². The molecule has 0 spiro atoms. The lowest BCUT2D eigenvalue weighted by Crippen LogP contribution is -2.29. The molecular weight excluding hydrogens is 232 g/mol. The Bertz CT molecular complexity index is 416. The molecule has 0 unspecified atom stereocenters. The van der Waals surface area contributed by atoms with E-state index in [1.165, 1.54) is 0 Å². The van der Waals surface area contributed by atoms with Crippen LogP contribution in [0.25, 0.3) is 0 Å². The summed E-state index contributed by atoms with van der Waals surface area (Å²) in [5.41, 5.74) is 5.44. The predicted molar refractivity (Wildman–Crippen MR) is 70.5 cm³/mol. The molecule has 4 N–H and O–H groups in total. The minimum atomic E-state index is -0.256. The number of anilines is 3. The third-order valence-corrected chi connectivity index (χ3v) is 3.22. The summed E-state index contributed by atoms with van der Waals surface area (Å²) in [7, 11) is 0. The zero-order chi connectivity index (χ0) is 13.2. The van der Waals surface area contributed by atoms with Gasteiger partial charge < -0.3 is 21.1 Å². The SMILES string of the molecule is CCN(CC)c1nc(N)nc(NC2(CO)CC2)n1. The third kappa shape index (κ3) is 2.61. The van der Waals surface area contributed by atoms with E-state index in [4.69, 9.17) is 5.73 Å². The number of hydrogen-bond donors (Lipinski definition) is 3. The van der Waals surface area contributed by atoms with Crippen molar-refractivity contribution in [2.45, 2.75) is 32.2 Å². The van der Waals surface area contributed by atoms with Crippen LogP contribution in [-0.2, 0) is 0 Å². The first-order chi connectivity index (χ1) is 8.62. The molecule has 0 atom stereocenters. The number of aromatic nitrogens is 3. The molecule has 1 heterocycles. The van der Waals surface area contributed by atoms with Crippen LogP contribution >= 0.6 is 0 Å². The number of nitrogen functional groups attached to an aromatic ring is 1. The van der Waals surface area contributed by atoms with Crippen molar-refractivity contribution in [1.82, 2.24) is 15.0 Å². The maximum atomic E-state index is 9.28. The highest BCUT2D eigenvalue weighted by molar-refractivity contribution is 5.44. The molecule has 18 heavy (non-hydrogen) atoms. The van der Waals surface area contributed by atoms with Gasteiger partial charge in [-0.1, -0.05) is 0 Å². The van der Waals surface area contributed by atoms with Gasteiger partial charge in [0.2, 0.25) is 17.8 Å². The quantitative estimate of drug-likeness (QED) is 0.666. The van der Waals surface area contributed by atoms with Gasteiger partial charge in [0.15, 0.2) is 0 Å². The summed E-state index contributed by atoms with van der Waals surface area (Å²) in [6.07, 6.45) is 1.85. The molecule has 0 radical (unpaired) electrons. The van der Waals surface area contributed by atoms with Gasteiger partial charge in [-0.25, -0.2) is 0 Å². The number of nitrogens with two attached hydrogens (primary N) is 1. The van der Waals surface area contributed by atoms with E-state index in [1.807, 2.05) is 18.7 Å². The first-order valence-electron chi connectivity index (χ1n) is 6.28. The first kappa shape index (κ1) is 12.8. The van der Waals surface area contributed by atoms with Crippen molar-refractivity contribution in [2.75, 3.05) is 35.6 Å². The highest BCUT2D eigenvalue weighted by atomic mass is 16.3. The number of nitrogens with zero attached hydrogens (tertiary/aromatic N) is 4. The minimum Gasteiger partial charge on any atom is -0.394 e. The van der Waals surface area contributed by atoms with Crippen LogP contribution in [0.3, 0.4) is 0 Å². The summed E-state index contributed by atoms with van der Waals surface area (Å²) in [6, 6.07) is 0. The van der Waals surface area contributed by atoms with E-state index in [0.717, 1.165) is 25.9 Å². The van der Waals surface area contributed by atoms with Crippen LogP contribution in [0.15, 0.2) is 0 Å². The second-order valence-electron chi connectivity index (χ2n) is 4.55. The predicted octanol–water partition coefficient (Wildman–Crippen LogP) is 0.237. The van der Waals surface area contributed by atoms with Crippen LogP contribution in [-0.4, -0.2) is 45.3 Å². The van der Waals surface area contributed by atoms with E-state index >= 15 is 0 Å². The molecule has 1 saturated carbocycles. The number of rotatable bonds is 6. The molecule has 1 aliphatic carbocycles. The second kappa shape index (κ2) is 4.93. The maximum Gasteiger partial charge on any atom is 0.231 e. The Morgan fingerprint density at radius 1 is 1.28 bits per heavy atom. The van der Waals surface area contributed by atoms with Crippen molar-refractivity contribution >= 4 is 17.8 Å². The van der Waals surface area contributed by atoms with E-state index in [1.54, 1.807) is 0 Å². The van der Waals surface area contributed by atoms with Crippen LogP contribution in [0.2, 0.25) is 0 Å². The van der Waals surface area contributed by atoms with Crippen molar-refractivity contribution in [3.05, 3.63) is 0 Å². The van der Waals surface area contributed by atoms with Crippen molar-refractivity contribution in [2.24, 2.45) is 0 Å². The molecule has 1 aromatic rings. The maximum absolute atomic E-state index is 9.28. The fraction of sp³-hybridized carbons (Fsp3) is 0.727. The highest BCUT2D eigenvalue weighted by Gasteiger charge is 2.42. The van der Waals surface area contributed by atoms with E-state index in [2.05, 4.69) is 20.3 Å². The lowest BCUT2D eigenvalue weighted by atomic mass is 10.3. The molecule has 7 nitrogen and oxygen atoms in total. The third-order valence-electron chi connectivity index (χ3n) is 3.22. The summed E-state index contributed by atoms with van der Waals surface area (Å²) in [4.78, 5) is 14.5. The van der Waals surface area contributed by atoms with Crippen LogP contribution in [0.4, 0.5) is 17.8 Å². The van der Waals surface area contributed by atoms with Crippen LogP contribution in [0, 0.1) is 0 Å². The van der Waals surface area contributed by atoms with Gasteiger partial charge >= 0.3 is 0 Å². The van der Waals surface area contributed by atoms with Gasteiger partial charge in [-0.2, -0.15) is 15.0 Å². The molecule has 1 fully saturated rings. The molecule has 100 valence electrons. The normalized spacial score (nSPS) is 16.4. The molecule has 1 aliphatic rings. The average molecular weight is 252 g/mol. The molecule has 0 bridgehead atoms. The number of hydrogen-bond acceptors (Lipinski definition) is 7. The zero-order valence-electron chi connectivity index (χ0n) is 10.8. The summed E-state index contributed by atoms with van der Waals surface area (Å²) in [5, 5.41) is 12.4. The number of aliphatic hydroxyl groups is 1. The van der Waals surface area contributed by atoms with Gasteiger partial charge in [0, 0.05) is 13.1 Å². The van der Waals surface area contributed by atoms with E-state index in [-0.39, 0.29) is 18.1 Å². The molecule has 1 aromatic heterocycles. The zero-order valence-corrected chi connectivity index (χ0v) is 10.8. The fourth-order valence-electron chi connectivity index (χ4n) is 1.80. The summed E-state index contributed by atoms with van der Waals surface area (Å²) < 4.78 is 0. The van der Waals surface area contributed by atoms with Gasteiger partial charge in [0.05, 0.1) is 12.1 Å². The molecule has 0 saturated heterocycles. The Labute approximate surface area is 106 Å². The summed E-state index contributed by atoms with van der Waals surface area (Å²) in [6.45, 7) is 5.77. The van der Waals surface area contributed by atoms with Crippen molar-refractivity contribution in [1.29, 1.82) is 0 Å². The van der Waals surface area contributed by atoms with Gasteiger partial charge in [-0.05, 0) is 26.7 Å². The Hall–Kier alpha value is -1.63. The monoisotopic (exact) mass is 252 g/mol. The van der Waals surface area contributed by atoms with E-state index < -0.39 is 0 Å². The van der Waals surface area contributed by atoms with E-state index in [9.17, 15) is 5.11 Å². The van der Waals surface area contributed by atoms with Crippen molar-refractivity contribution in [3.63, 3.8) is 0 Å². The molecule has 7 heteroatoms. The van der Waals surface area contributed by atoms with Crippen molar-refractivity contribution < 1.29 is 5.11 Å². The largest absolute Gasteiger partial charge is 0.394 e. The van der Waals surface area contributed by atoms with Gasteiger partial charge in [0.25, 0.3) is 0 Å². The van der Waals surface area contributed by atoms with Crippen LogP contribution in [0.1, 0.15) is 26.7 Å². The molecule has 0 amide bonds. The Morgan fingerprint density at radius 2 is 1.94 bits per heavy atom. The van der Waals surface area contributed by atoms with Crippen LogP contribution in [0.5, 0.6) is 0 Å². The van der Waals surface area contributed by atoms with Crippen molar-refractivity contribution in [3.8, 4) is 0 Å². The lowest BCUT2D eigenvalue weighted by molar-refractivity contribution is 0.265. The Kier molecular flexibility index (Phi) is 3.51. The average Bonchev–Trinajstić information content (AvgIpc) is 3.10. The van der Waals surface area contributed by atoms with Gasteiger partial charge in [0.1, 0.15) is 0 Å².